The van der Waals surface area contributed by atoms with Crippen LogP contribution in [0, 0.1) is 0 Å². The Morgan fingerprint density at radius 3 is 2.95 bits per heavy atom. The molecule has 0 radical (unpaired) electrons. The molecule has 1 saturated heterocycles. The average molecular weight is 273 g/mol. The zero-order valence-corrected chi connectivity index (χ0v) is 11.6. The van der Waals surface area contributed by atoms with E-state index in [0.717, 1.165) is 49.3 Å². The molecule has 2 N–H and O–H groups in total. The predicted molar refractivity (Wildman–Crippen MR) is 77.8 cm³/mol. The first kappa shape index (κ1) is 13.1. The molecule has 2 heterocycles. The summed E-state index contributed by atoms with van der Waals surface area (Å²) in [5.41, 5.74) is 2.90. The van der Waals surface area contributed by atoms with Crippen LogP contribution in [0.3, 0.4) is 0 Å². The third kappa shape index (κ3) is 2.41. The van der Waals surface area contributed by atoms with E-state index in [2.05, 4.69) is 10.6 Å². The van der Waals surface area contributed by atoms with Crippen LogP contribution in [0.5, 0.6) is 0 Å². The molecule has 20 heavy (non-hydrogen) atoms. The van der Waals surface area contributed by atoms with E-state index in [4.69, 9.17) is 0 Å². The van der Waals surface area contributed by atoms with Crippen LogP contribution in [-0.2, 0) is 16.0 Å². The molecule has 0 spiro atoms. The second-order valence-electron chi connectivity index (χ2n) is 5.40. The number of anilines is 2. The fraction of sp³-hybridized carbons (Fsp3) is 0.467. The van der Waals surface area contributed by atoms with Crippen molar-refractivity contribution >= 4 is 23.2 Å². The van der Waals surface area contributed by atoms with Crippen molar-refractivity contribution in [2.75, 3.05) is 23.3 Å². The number of amides is 2. The number of benzene rings is 1. The van der Waals surface area contributed by atoms with Gasteiger partial charge >= 0.3 is 0 Å². The lowest BCUT2D eigenvalue weighted by Crippen LogP contribution is -2.35. The highest BCUT2D eigenvalue weighted by molar-refractivity contribution is 5.97. The molecular weight excluding hydrogens is 254 g/mol. The van der Waals surface area contributed by atoms with E-state index >= 15 is 0 Å². The Balaban J connectivity index is 1.73. The maximum atomic E-state index is 12.0. The molecule has 2 amide bonds. The van der Waals surface area contributed by atoms with Crippen molar-refractivity contribution in [1.82, 2.24) is 5.32 Å². The summed E-state index contributed by atoms with van der Waals surface area (Å²) >= 11 is 0. The molecule has 5 nitrogen and oxygen atoms in total. The van der Waals surface area contributed by atoms with Crippen molar-refractivity contribution in [3.8, 4) is 0 Å². The molecule has 1 unspecified atom stereocenters. The molecule has 0 saturated carbocycles. The zero-order valence-electron chi connectivity index (χ0n) is 11.6. The van der Waals surface area contributed by atoms with Gasteiger partial charge in [-0.1, -0.05) is 0 Å². The van der Waals surface area contributed by atoms with Crippen molar-refractivity contribution < 1.29 is 9.59 Å². The minimum atomic E-state index is -0.0722. The van der Waals surface area contributed by atoms with E-state index < -0.39 is 0 Å². The number of rotatable bonds is 2. The lowest BCUT2D eigenvalue weighted by molar-refractivity contribution is -0.118. The molecule has 0 bridgehead atoms. The van der Waals surface area contributed by atoms with Crippen LogP contribution in [0.1, 0.15) is 25.3 Å². The van der Waals surface area contributed by atoms with Crippen LogP contribution in [0.25, 0.3) is 0 Å². The molecule has 106 valence electrons. The van der Waals surface area contributed by atoms with E-state index in [0.29, 0.717) is 0 Å². The van der Waals surface area contributed by atoms with Crippen molar-refractivity contribution in [3.63, 3.8) is 0 Å². The van der Waals surface area contributed by atoms with Crippen LogP contribution in [-0.4, -0.2) is 30.9 Å². The first-order valence-corrected chi connectivity index (χ1v) is 7.10. The molecule has 1 fully saturated rings. The summed E-state index contributed by atoms with van der Waals surface area (Å²) in [6, 6.07) is 5.69. The Hall–Kier alpha value is -1.88. The Morgan fingerprint density at radius 2 is 2.25 bits per heavy atom. The molecule has 1 aromatic rings. The second kappa shape index (κ2) is 5.25. The standard InChI is InChI=1S/C15H19N3O2/c1-10(19)18-8-6-11-9-12(4-5-14(11)18)17-15(20)13-3-2-7-16-13/h4-5,9,13,16H,2-3,6-8H2,1H3,(H,17,20). The normalized spacial score (nSPS) is 20.9. The SMILES string of the molecule is CC(=O)N1CCc2cc(NC(=O)C3CCCN3)ccc21. The quantitative estimate of drug-likeness (QED) is 0.853. The smallest absolute Gasteiger partial charge is 0.241 e. The largest absolute Gasteiger partial charge is 0.325 e. The van der Waals surface area contributed by atoms with Gasteiger partial charge in [0.2, 0.25) is 11.8 Å². The minimum absolute atomic E-state index is 0.0314. The van der Waals surface area contributed by atoms with Crippen molar-refractivity contribution in [2.24, 2.45) is 0 Å². The summed E-state index contributed by atoms with van der Waals surface area (Å²) < 4.78 is 0. The maximum absolute atomic E-state index is 12.0. The predicted octanol–water partition coefficient (Wildman–Crippen LogP) is 1.29. The summed E-state index contributed by atoms with van der Waals surface area (Å²) in [5.74, 6) is 0.0968. The highest BCUT2D eigenvalue weighted by Crippen LogP contribution is 2.30. The van der Waals surface area contributed by atoms with E-state index in [9.17, 15) is 9.59 Å². The lowest BCUT2D eigenvalue weighted by Gasteiger charge is -2.15. The number of carbonyl (C=O) groups is 2. The summed E-state index contributed by atoms with van der Waals surface area (Å²) in [7, 11) is 0. The van der Waals surface area contributed by atoms with Gasteiger partial charge in [0.05, 0.1) is 6.04 Å². The van der Waals surface area contributed by atoms with Gasteiger partial charge in [-0.15, -0.1) is 0 Å². The molecule has 0 aliphatic carbocycles. The van der Waals surface area contributed by atoms with Gasteiger partial charge in [0, 0.05) is 24.8 Å². The van der Waals surface area contributed by atoms with E-state index in [-0.39, 0.29) is 17.9 Å². The molecule has 3 rings (SSSR count). The topological polar surface area (TPSA) is 61.4 Å². The van der Waals surface area contributed by atoms with Crippen molar-refractivity contribution in [3.05, 3.63) is 23.8 Å². The van der Waals surface area contributed by atoms with E-state index in [1.807, 2.05) is 18.2 Å². The van der Waals surface area contributed by atoms with Crippen LogP contribution in [0.4, 0.5) is 11.4 Å². The number of fused-ring (bicyclic) bond motifs is 1. The molecule has 5 heteroatoms. The van der Waals surface area contributed by atoms with Crippen LogP contribution in [0.2, 0.25) is 0 Å². The van der Waals surface area contributed by atoms with Gasteiger partial charge in [-0.3, -0.25) is 9.59 Å². The molecule has 2 aliphatic rings. The first-order valence-electron chi connectivity index (χ1n) is 7.10. The van der Waals surface area contributed by atoms with Gasteiger partial charge in [0.15, 0.2) is 0 Å². The fourth-order valence-corrected chi connectivity index (χ4v) is 2.94. The third-order valence-corrected chi connectivity index (χ3v) is 4.00. The average Bonchev–Trinajstić information content (AvgIpc) is 3.07. The highest BCUT2D eigenvalue weighted by atomic mass is 16.2. The number of nitrogens with one attached hydrogen (secondary N) is 2. The first-order chi connectivity index (χ1) is 9.65. The molecule has 0 aromatic heterocycles. The van der Waals surface area contributed by atoms with Gasteiger partial charge in [-0.25, -0.2) is 0 Å². The van der Waals surface area contributed by atoms with Crippen LogP contribution in [0.15, 0.2) is 18.2 Å². The van der Waals surface area contributed by atoms with Gasteiger partial charge in [-0.2, -0.15) is 0 Å². The van der Waals surface area contributed by atoms with Gasteiger partial charge in [0.25, 0.3) is 0 Å². The lowest BCUT2D eigenvalue weighted by atomic mass is 10.1. The third-order valence-electron chi connectivity index (χ3n) is 4.00. The van der Waals surface area contributed by atoms with Gasteiger partial charge < -0.3 is 15.5 Å². The molecule has 1 atom stereocenters. The Morgan fingerprint density at radius 1 is 1.40 bits per heavy atom. The zero-order chi connectivity index (χ0) is 14.1. The van der Waals surface area contributed by atoms with Gasteiger partial charge in [-0.05, 0) is 49.6 Å². The number of hydrogen-bond donors (Lipinski definition) is 2. The van der Waals surface area contributed by atoms with Crippen molar-refractivity contribution in [2.45, 2.75) is 32.2 Å². The Bertz CT molecular complexity index is 550. The molecular formula is C15H19N3O2. The highest BCUT2D eigenvalue weighted by Gasteiger charge is 2.24. The molecule has 1 aromatic carbocycles. The Kier molecular flexibility index (Phi) is 3.44. The summed E-state index contributed by atoms with van der Waals surface area (Å²) in [6.45, 7) is 3.22. The second-order valence-corrected chi connectivity index (χ2v) is 5.40. The van der Waals surface area contributed by atoms with Gasteiger partial charge in [0.1, 0.15) is 0 Å². The Labute approximate surface area is 118 Å². The minimum Gasteiger partial charge on any atom is -0.325 e. The monoisotopic (exact) mass is 273 g/mol. The van der Waals surface area contributed by atoms with Crippen LogP contribution < -0.4 is 15.5 Å². The van der Waals surface area contributed by atoms with E-state index in [1.165, 1.54) is 0 Å². The molecule has 2 aliphatic heterocycles. The van der Waals surface area contributed by atoms with Crippen LogP contribution >= 0.6 is 0 Å². The fourth-order valence-electron chi connectivity index (χ4n) is 2.94. The number of carbonyl (C=O) groups excluding carboxylic acids is 2. The number of nitrogens with zero attached hydrogens (tertiary/aromatic N) is 1. The number of hydrogen-bond acceptors (Lipinski definition) is 3. The van der Waals surface area contributed by atoms with E-state index in [1.54, 1.807) is 11.8 Å². The maximum Gasteiger partial charge on any atom is 0.241 e. The van der Waals surface area contributed by atoms with Crippen molar-refractivity contribution in [1.29, 1.82) is 0 Å². The summed E-state index contributed by atoms with van der Waals surface area (Å²) in [4.78, 5) is 25.3. The summed E-state index contributed by atoms with van der Waals surface area (Å²) in [6.07, 6.45) is 2.80. The summed E-state index contributed by atoms with van der Waals surface area (Å²) in [5, 5.41) is 6.14.